The molecule has 0 amide bonds. The van der Waals surface area contributed by atoms with Gasteiger partial charge in [-0.05, 0) is 74.2 Å². The van der Waals surface area contributed by atoms with Gasteiger partial charge in [-0.15, -0.1) is 0 Å². The van der Waals surface area contributed by atoms with E-state index in [0.717, 1.165) is 35.0 Å². The van der Waals surface area contributed by atoms with E-state index in [2.05, 4.69) is 79.2 Å². The molecule has 3 rings (SSSR count). The van der Waals surface area contributed by atoms with Crippen molar-refractivity contribution in [3.8, 4) is 0 Å². The summed E-state index contributed by atoms with van der Waals surface area (Å²) in [5, 5.41) is 0. The van der Waals surface area contributed by atoms with Crippen LogP contribution >= 0.6 is 31.9 Å². The van der Waals surface area contributed by atoms with E-state index >= 15 is 0 Å². The van der Waals surface area contributed by atoms with E-state index in [-0.39, 0.29) is 0 Å². The van der Waals surface area contributed by atoms with Crippen LogP contribution in [-0.4, -0.2) is 13.1 Å². The summed E-state index contributed by atoms with van der Waals surface area (Å²) in [7, 11) is 0. The summed E-state index contributed by atoms with van der Waals surface area (Å²) in [6.07, 6.45) is 1.05. The Morgan fingerprint density at radius 2 is 1.90 bits per heavy atom. The predicted molar refractivity (Wildman–Crippen MR) is 95.7 cm³/mol. The van der Waals surface area contributed by atoms with Crippen molar-refractivity contribution in [3.63, 3.8) is 0 Å². The first kappa shape index (κ1) is 15.1. The van der Waals surface area contributed by atoms with E-state index in [4.69, 9.17) is 5.73 Å². The minimum Gasteiger partial charge on any atom is -0.366 e. The lowest BCUT2D eigenvalue weighted by Crippen LogP contribution is -2.22. The molecule has 1 aliphatic heterocycles. The van der Waals surface area contributed by atoms with Gasteiger partial charge in [0, 0.05) is 33.6 Å². The molecule has 0 aromatic heterocycles. The van der Waals surface area contributed by atoms with Crippen molar-refractivity contribution in [1.29, 1.82) is 0 Å². The van der Waals surface area contributed by atoms with Crippen LogP contribution in [0.3, 0.4) is 0 Å². The molecule has 1 atom stereocenters. The molecule has 1 aliphatic rings. The van der Waals surface area contributed by atoms with E-state index in [1.807, 2.05) is 0 Å². The summed E-state index contributed by atoms with van der Waals surface area (Å²) in [6.45, 7) is 2.74. The molecule has 1 unspecified atom stereocenters. The number of rotatable bonds is 4. The van der Waals surface area contributed by atoms with Gasteiger partial charge in [0.1, 0.15) is 0 Å². The van der Waals surface area contributed by atoms with Gasteiger partial charge in [0.15, 0.2) is 0 Å². The SMILES string of the molecule is NCCC1CN(Cc2ccc(Br)c(Br)c2)c2ccccc21. The van der Waals surface area contributed by atoms with Crippen LogP contribution < -0.4 is 10.6 Å². The largest absolute Gasteiger partial charge is 0.366 e. The number of anilines is 1. The Hall–Kier alpha value is -0.840. The minimum atomic E-state index is 0.560. The van der Waals surface area contributed by atoms with Crippen LogP contribution in [0.4, 0.5) is 5.69 Å². The third-order valence-corrected chi connectivity index (χ3v) is 5.91. The molecule has 0 saturated carbocycles. The number of nitrogens with zero attached hydrogens (tertiary/aromatic N) is 1. The Labute approximate surface area is 142 Å². The highest BCUT2D eigenvalue weighted by Gasteiger charge is 2.27. The first-order valence-corrected chi connectivity index (χ1v) is 8.75. The fourth-order valence-corrected chi connectivity index (χ4v) is 3.71. The maximum atomic E-state index is 5.77. The molecule has 0 spiro atoms. The second-order valence-corrected chi connectivity index (χ2v) is 7.17. The van der Waals surface area contributed by atoms with Gasteiger partial charge in [-0.1, -0.05) is 24.3 Å². The van der Waals surface area contributed by atoms with Gasteiger partial charge < -0.3 is 10.6 Å². The predicted octanol–water partition coefficient (Wildman–Crippen LogP) is 4.66. The van der Waals surface area contributed by atoms with E-state index in [9.17, 15) is 0 Å². The highest BCUT2D eigenvalue weighted by molar-refractivity contribution is 9.13. The molecular formula is C17H18Br2N2. The van der Waals surface area contributed by atoms with Gasteiger partial charge in [-0.3, -0.25) is 0 Å². The van der Waals surface area contributed by atoms with Crippen molar-refractivity contribution in [2.75, 3.05) is 18.0 Å². The summed E-state index contributed by atoms with van der Waals surface area (Å²) in [6, 6.07) is 15.2. The fourth-order valence-electron chi connectivity index (χ4n) is 3.04. The van der Waals surface area contributed by atoms with E-state index in [0.29, 0.717) is 5.92 Å². The average Bonchev–Trinajstić information content (AvgIpc) is 2.82. The van der Waals surface area contributed by atoms with E-state index < -0.39 is 0 Å². The van der Waals surface area contributed by atoms with Crippen LogP contribution in [0.15, 0.2) is 51.4 Å². The highest BCUT2D eigenvalue weighted by atomic mass is 79.9. The molecule has 0 bridgehead atoms. The molecule has 110 valence electrons. The standard InChI is InChI=1S/C17H18Br2N2/c18-15-6-5-12(9-16(15)19)10-21-11-13(7-8-20)14-3-1-2-4-17(14)21/h1-6,9,13H,7-8,10-11,20H2. The summed E-state index contributed by atoms with van der Waals surface area (Å²) in [5.74, 6) is 0.560. The van der Waals surface area contributed by atoms with Crippen LogP contribution in [0.25, 0.3) is 0 Å². The Morgan fingerprint density at radius 3 is 2.67 bits per heavy atom. The normalized spacial score (nSPS) is 17.1. The number of hydrogen-bond donors (Lipinski definition) is 1. The molecule has 2 aromatic rings. The molecule has 4 heteroatoms. The first-order valence-electron chi connectivity index (χ1n) is 7.17. The highest BCUT2D eigenvalue weighted by Crippen LogP contribution is 2.38. The molecule has 0 fully saturated rings. The van der Waals surface area contributed by atoms with E-state index in [1.165, 1.54) is 16.8 Å². The quantitative estimate of drug-likeness (QED) is 0.795. The first-order chi connectivity index (χ1) is 10.2. The van der Waals surface area contributed by atoms with Gasteiger partial charge in [-0.2, -0.15) is 0 Å². The zero-order valence-electron chi connectivity index (χ0n) is 11.7. The van der Waals surface area contributed by atoms with Crippen LogP contribution in [0, 0.1) is 0 Å². The maximum absolute atomic E-state index is 5.77. The van der Waals surface area contributed by atoms with Crippen LogP contribution in [0.5, 0.6) is 0 Å². The number of fused-ring (bicyclic) bond motifs is 1. The zero-order chi connectivity index (χ0) is 14.8. The Kier molecular flexibility index (Phi) is 4.67. The molecule has 2 N–H and O–H groups in total. The van der Waals surface area contributed by atoms with Gasteiger partial charge in [0.25, 0.3) is 0 Å². The molecule has 1 heterocycles. The van der Waals surface area contributed by atoms with Gasteiger partial charge >= 0.3 is 0 Å². The molecule has 2 nitrogen and oxygen atoms in total. The number of halogens is 2. The van der Waals surface area contributed by atoms with Gasteiger partial charge in [-0.25, -0.2) is 0 Å². The minimum absolute atomic E-state index is 0.560. The van der Waals surface area contributed by atoms with Crippen molar-refractivity contribution in [2.24, 2.45) is 5.73 Å². The van der Waals surface area contributed by atoms with Crippen molar-refractivity contribution in [3.05, 3.63) is 62.5 Å². The molecule has 0 saturated heterocycles. The van der Waals surface area contributed by atoms with Crippen LogP contribution in [0.1, 0.15) is 23.5 Å². The monoisotopic (exact) mass is 408 g/mol. The van der Waals surface area contributed by atoms with Gasteiger partial charge in [0.05, 0.1) is 0 Å². The Bertz CT molecular complexity index is 642. The lowest BCUT2D eigenvalue weighted by Gasteiger charge is -2.20. The number of para-hydroxylation sites is 1. The Morgan fingerprint density at radius 1 is 1.10 bits per heavy atom. The molecule has 21 heavy (non-hydrogen) atoms. The summed E-state index contributed by atoms with van der Waals surface area (Å²) >= 11 is 7.11. The van der Waals surface area contributed by atoms with Crippen LogP contribution in [-0.2, 0) is 6.54 Å². The summed E-state index contributed by atoms with van der Waals surface area (Å²) in [5.41, 5.74) is 9.88. The lowest BCUT2D eigenvalue weighted by molar-refractivity contribution is 0.644. The van der Waals surface area contributed by atoms with Crippen molar-refractivity contribution >= 4 is 37.5 Å². The third kappa shape index (κ3) is 3.17. The van der Waals surface area contributed by atoms with Gasteiger partial charge in [0.2, 0.25) is 0 Å². The van der Waals surface area contributed by atoms with Crippen LogP contribution in [0.2, 0.25) is 0 Å². The second-order valence-electron chi connectivity index (χ2n) is 5.46. The number of benzene rings is 2. The summed E-state index contributed by atoms with van der Waals surface area (Å²) in [4.78, 5) is 2.46. The van der Waals surface area contributed by atoms with E-state index in [1.54, 1.807) is 0 Å². The summed E-state index contributed by atoms with van der Waals surface area (Å²) < 4.78 is 2.19. The fraction of sp³-hybridized carbons (Fsp3) is 0.294. The molecule has 0 aliphatic carbocycles. The smallest absolute Gasteiger partial charge is 0.0430 e. The molecular weight excluding hydrogens is 392 g/mol. The number of nitrogens with two attached hydrogens (primary N) is 1. The van der Waals surface area contributed by atoms with Crippen molar-refractivity contribution in [1.82, 2.24) is 0 Å². The maximum Gasteiger partial charge on any atom is 0.0430 e. The second kappa shape index (κ2) is 6.51. The average molecular weight is 410 g/mol. The lowest BCUT2D eigenvalue weighted by atomic mass is 9.98. The zero-order valence-corrected chi connectivity index (χ0v) is 14.9. The van der Waals surface area contributed by atoms with Crippen molar-refractivity contribution < 1.29 is 0 Å². The Balaban J connectivity index is 1.84. The topological polar surface area (TPSA) is 29.3 Å². The number of hydrogen-bond acceptors (Lipinski definition) is 2. The molecule has 2 aromatic carbocycles. The van der Waals surface area contributed by atoms with Crippen molar-refractivity contribution in [2.45, 2.75) is 18.9 Å². The molecule has 0 radical (unpaired) electrons. The third-order valence-electron chi connectivity index (χ3n) is 4.03.